The molecule has 1 heteroatoms. The molecular formula is C23H34O. The van der Waals surface area contributed by atoms with Gasteiger partial charge in [0.1, 0.15) is 6.29 Å². The van der Waals surface area contributed by atoms with Gasteiger partial charge in [-0.3, -0.25) is 0 Å². The average molecular weight is 327 g/mol. The van der Waals surface area contributed by atoms with Crippen molar-refractivity contribution < 1.29 is 4.79 Å². The highest BCUT2D eigenvalue weighted by Crippen LogP contribution is 2.11. The van der Waals surface area contributed by atoms with Crippen molar-refractivity contribution in [2.24, 2.45) is 11.8 Å². The number of hydrogen-bond donors (Lipinski definition) is 0. The molecule has 24 heavy (non-hydrogen) atoms. The van der Waals surface area contributed by atoms with Gasteiger partial charge in [0.25, 0.3) is 0 Å². The molecule has 0 saturated heterocycles. The van der Waals surface area contributed by atoms with Gasteiger partial charge in [-0.15, -0.1) is 0 Å². The Kier molecular flexibility index (Phi) is 12.5. The molecule has 2 aromatic carbocycles. The number of carbonyl (C=O) groups excluding carboxylic acids is 1. The van der Waals surface area contributed by atoms with E-state index in [9.17, 15) is 4.79 Å². The molecule has 1 nitrogen and oxygen atoms in total. The predicted molar refractivity (Wildman–Crippen MR) is 106 cm³/mol. The van der Waals surface area contributed by atoms with E-state index >= 15 is 0 Å². The summed E-state index contributed by atoms with van der Waals surface area (Å²) in [6.07, 6.45) is 3.05. The van der Waals surface area contributed by atoms with Crippen molar-refractivity contribution in [1.29, 1.82) is 0 Å². The Morgan fingerprint density at radius 2 is 1.38 bits per heavy atom. The molecule has 0 aliphatic heterocycles. The van der Waals surface area contributed by atoms with Crippen molar-refractivity contribution in [3.8, 4) is 0 Å². The maximum atomic E-state index is 10.3. The maximum Gasteiger partial charge on any atom is 0.123 e. The smallest absolute Gasteiger partial charge is 0.123 e. The van der Waals surface area contributed by atoms with Crippen LogP contribution in [0, 0.1) is 18.8 Å². The van der Waals surface area contributed by atoms with E-state index in [1.807, 2.05) is 51.1 Å². The molecule has 0 aliphatic carbocycles. The van der Waals surface area contributed by atoms with Crippen LogP contribution < -0.4 is 0 Å². The third kappa shape index (κ3) is 9.99. The monoisotopic (exact) mass is 326 g/mol. The second-order valence-corrected chi connectivity index (χ2v) is 6.33. The lowest BCUT2D eigenvalue weighted by Crippen LogP contribution is -1.99. The lowest BCUT2D eigenvalue weighted by Gasteiger charge is -2.07. The number of hydrogen-bond acceptors (Lipinski definition) is 1. The summed E-state index contributed by atoms with van der Waals surface area (Å²) >= 11 is 0. The molecule has 0 N–H and O–H groups in total. The summed E-state index contributed by atoms with van der Waals surface area (Å²) in [5.41, 5.74) is 4.14. The van der Waals surface area contributed by atoms with Crippen LogP contribution in [0.5, 0.6) is 0 Å². The Balaban J connectivity index is 0.000000400. The van der Waals surface area contributed by atoms with Gasteiger partial charge in [0, 0.05) is 5.92 Å². The minimum Gasteiger partial charge on any atom is -0.303 e. The second kappa shape index (κ2) is 13.5. The van der Waals surface area contributed by atoms with Gasteiger partial charge in [-0.25, -0.2) is 0 Å². The topological polar surface area (TPSA) is 17.1 Å². The van der Waals surface area contributed by atoms with E-state index in [-0.39, 0.29) is 5.92 Å². The fraction of sp³-hybridized carbons (Fsp3) is 0.435. The fourth-order valence-electron chi connectivity index (χ4n) is 2.31. The highest BCUT2D eigenvalue weighted by molar-refractivity contribution is 5.53. The molecule has 0 fully saturated rings. The van der Waals surface area contributed by atoms with Crippen LogP contribution in [0.25, 0.3) is 0 Å². The molecule has 0 aliphatic rings. The molecule has 0 aromatic heterocycles. The third-order valence-electron chi connectivity index (χ3n) is 3.52. The van der Waals surface area contributed by atoms with E-state index in [1.54, 1.807) is 0 Å². The number of aldehydes is 1. The molecule has 0 saturated carbocycles. The number of benzene rings is 2. The molecule has 1 unspecified atom stereocenters. The van der Waals surface area contributed by atoms with Gasteiger partial charge in [-0.2, -0.15) is 0 Å². The summed E-state index contributed by atoms with van der Waals surface area (Å²) in [5.74, 6) is 0.897. The standard InChI is InChI=1S/C11H16.C10H12O.C2H6/c1-9(2)8-11-7-5-4-6-10(11)3;1-9(8-11)7-10-5-3-2-4-6-10;1-2/h4-7,9H,8H2,1-3H3;2-6,8-9H,7H2,1H3;1-2H3. The molecule has 132 valence electrons. The van der Waals surface area contributed by atoms with Gasteiger partial charge >= 0.3 is 0 Å². The lowest BCUT2D eigenvalue weighted by atomic mass is 9.99. The minimum atomic E-state index is 0.136. The molecular weight excluding hydrogens is 292 g/mol. The van der Waals surface area contributed by atoms with E-state index < -0.39 is 0 Å². The van der Waals surface area contributed by atoms with Crippen LogP contribution in [0.4, 0.5) is 0 Å². The molecule has 1 atom stereocenters. The maximum absolute atomic E-state index is 10.3. The SMILES string of the molecule is CC.CC(C=O)Cc1ccccc1.Cc1ccccc1CC(C)C. The molecule has 2 rings (SSSR count). The van der Waals surface area contributed by atoms with Crippen LogP contribution in [0.2, 0.25) is 0 Å². The number of aryl methyl sites for hydroxylation is 1. The Hall–Kier alpha value is -1.89. The first-order chi connectivity index (χ1) is 11.5. The summed E-state index contributed by atoms with van der Waals surface area (Å²) in [7, 11) is 0. The van der Waals surface area contributed by atoms with Gasteiger partial charge in [-0.1, -0.05) is 89.2 Å². The van der Waals surface area contributed by atoms with Gasteiger partial charge in [0.05, 0.1) is 0 Å². The zero-order chi connectivity index (χ0) is 18.4. The van der Waals surface area contributed by atoms with Crippen LogP contribution in [0.3, 0.4) is 0 Å². The molecule has 0 radical (unpaired) electrons. The number of carbonyl (C=O) groups is 1. The fourth-order valence-corrected chi connectivity index (χ4v) is 2.31. The molecule has 0 bridgehead atoms. The first-order valence-electron chi connectivity index (χ1n) is 9.06. The normalized spacial score (nSPS) is 10.8. The number of rotatable bonds is 5. The quantitative estimate of drug-likeness (QED) is 0.591. The molecule has 0 spiro atoms. The van der Waals surface area contributed by atoms with Gasteiger partial charge in [0.2, 0.25) is 0 Å². The van der Waals surface area contributed by atoms with E-state index in [1.165, 1.54) is 23.1 Å². The van der Waals surface area contributed by atoms with Crippen molar-refractivity contribution in [2.75, 3.05) is 0 Å². The summed E-state index contributed by atoms with van der Waals surface area (Å²) in [5, 5.41) is 0. The third-order valence-corrected chi connectivity index (χ3v) is 3.52. The Labute approximate surface area is 149 Å². The Morgan fingerprint density at radius 3 is 1.88 bits per heavy atom. The molecule has 0 heterocycles. The zero-order valence-corrected chi connectivity index (χ0v) is 16.3. The van der Waals surface area contributed by atoms with Crippen LogP contribution in [0.15, 0.2) is 54.6 Å². The second-order valence-electron chi connectivity index (χ2n) is 6.33. The van der Waals surface area contributed by atoms with Crippen molar-refractivity contribution in [3.05, 3.63) is 71.3 Å². The van der Waals surface area contributed by atoms with E-state index in [2.05, 4.69) is 45.0 Å². The highest BCUT2D eigenvalue weighted by Gasteiger charge is 2.00. The van der Waals surface area contributed by atoms with E-state index in [4.69, 9.17) is 0 Å². The van der Waals surface area contributed by atoms with Crippen molar-refractivity contribution in [3.63, 3.8) is 0 Å². The first kappa shape index (κ1) is 22.1. The average Bonchev–Trinajstić information content (AvgIpc) is 2.60. The van der Waals surface area contributed by atoms with E-state index in [0.29, 0.717) is 0 Å². The zero-order valence-electron chi connectivity index (χ0n) is 16.3. The van der Waals surface area contributed by atoms with Crippen LogP contribution in [-0.2, 0) is 17.6 Å². The largest absolute Gasteiger partial charge is 0.303 e. The summed E-state index contributed by atoms with van der Waals surface area (Å²) in [4.78, 5) is 10.3. The Morgan fingerprint density at radius 1 is 0.833 bits per heavy atom. The minimum absolute atomic E-state index is 0.136. The molecule has 0 amide bonds. The lowest BCUT2D eigenvalue weighted by molar-refractivity contribution is -0.110. The predicted octanol–water partition coefficient (Wildman–Crippen LogP) is 6.28. The van der Waals surface area contributed by atoms with Gasteiger partial charge in [0.15, 0.2) is 0 Å². The van der Waals surface area contributed by atoms with Crippen molar-refractivity contribution in [1.82, 2.24) is 0 Å². The molecule has 2 aromatic rings. The Bertz CT molecular complexity index is 543. The van der Waals surface area contributed by atoms with E-state index in [0.717, 1.165) is 18.6 Å². The van der Waals surface area contributed by atoms with Crippen LogP contribution in [0.1, 0.15) is 51.3 Å². The van der Waals surface area contributed by atoms with Gasteiger partial charge < -0.3 is 4.79 Å². The van der Waals surface area contributed by atoms with Crippen molar-refractivity contribution >= 4 is 6.29 Å². The van der Waals surface area contributed by atoms with Gasteiger partial charge in [-0.05, 0) is 42.4 Å². The highest BCUT2D eigenvalue weighted by atomic mass is 16.1. The summed E-state index contributed by atoms with van der Waals surface area (Å²) in [6.45, 7) is 12.6. The summed E-state index contributed by atoms with van der Waals surface area (Å²) in [6, 6.07) is 18.7. The first-order valence-corrected chi connectivity index (χ1v) is 9.06. The van der Waals surface area contributed by atoms with Crippen LogP contribution in [-0.4, -0.2) is 6.29 Å². The van der Waals surface area contributed by atoms with Crippen molar-refractivity contribution in [2.45, 2.75) is 54.4 Å². The van der Waals surface area contributed by atoms with Crippen LogP contribution >= 0.6 is 0 Å². The summed E-state index contributed by atoms with van der Waals surface area (Å²) < 4.78 is 0.